The van der Waals surface area contributed by atoms with Crippen LogP contribution >= 0.6 is 31.9 Å². The molecular weight excluding hydrogens is 496 g/mol. The van der Waals surface area contributed by atoms with Gasteiger partial charge in [0.05, 0.1) is 39.6 Å². The van der Waals surface area contributed by atoms with Crippen LogP contribution in [0, 0.1) is 11.8 Å². The van der Waals surface area contributed by atoms with Gasteiger partial charge in [-0.1, -0.05) is 92.5 Å². The lowest BCUT2D eigenvalue weighted by atomic mass is 10.1. The molecule has 5 heteroatoms. The Labute approximate surface area is 192 Å². The molecule has 0 radical (unpaired) electrons. The van der Waals surface area contributed by atoms with Crippen LogP contribution in [0.4, 0.5) is 0 Å². The van der Waals surface area contributed by atoms with Crippen molar-refractivity contribution in [2.24, 2.45) is 11.8 Å². The summed E-state index contributed by atoms with van der Waals surface area (Å²) < 4.78 is 17.9. The molecule has 2 atom stereocenters. The number of halogens is 2. The molecule has 160 valence electrons. The van der Waals surface area contributed by atoms with E-state index in [1.807, 2.05) is 36.4 Å². The van der Waals surface area contributed by atoms with Crippen LogP contribution in [0.1, 0.15) is 24.0 Å². The fourth-order valence-electron chi connectivity index (χ4n) is 2.97. The summed E-state index contributed by atoms with van der Waals surface area (Å²) in [6, 6.07) is 20.6. The third-order valence-electron chi connectivity index (χ3n) is 4.67. The van der Waals surface area contributed by atoms with E-state index in [9.17, 15) is 0 Å². The molecule has 0 saturated carbocycles. The van der Waals surface area contributed by atoms with E-state index >= 15 is 0 Å². The number of ether oxygens (including phenoxy) is 3. The van der Waals surface area contributed by atoms with Crippen molar-refractivity contribution in [2.75, 3.05) is 37.1 Å². The van der Waals surface area contributed by atoms with Gasteiger partial charge in [0.2, 0.25) is 0 Å². The minimum atomic E-state index is 0.396. The molecule has 0 fully saturated rings. The zero-order valence-corrected chi connectivity index (χ0v) is 20.2. The first kappa shape index (κ1) is 24.5. The summed E-state index contributed by atoms with van der Waals surface area (Å²) in [7, 11) is 0. The molecule has 3 nitrogen and oxygen atoms in total. The van der Waals surface area contributed by atoms with Crippen molar-refractivity contribution in [3.8, 4) is 0 Å². The van der Waals surface area contributed by atoms with Crippen molar-refractivity contribution in [3.63, 3.8) is 0 Å². The van der Waals surface area contributed by atoms with Gasteiger partial charge in [-0.25, -0.2) is 0 Å². The van der Waals surface area contributed by atoms with Crippen LogP contribution in [0.3, 0.4) is 0 Å². The van der Waals surface area contributed by atoms with Crippen LogP contribution in [0.2, 0.25) is 0 Å². The van der Waals surface area contributed by atoms with Crippen LogP contribution in [-0.2, 0) is 27.4 Å². The van der Waals surface area contributed by atoms with Crippen molar-refractivity contribution in [1.82, 2.24) is 0 Å². The molecule has 0 aliphatic carbocycles. The fourth-order valence-corrected chi connectivity index (χ4v) is 4.27. The van der Waals surface area contributed by atoms with Gasteiger partial charge in [-0.05, 0) is 24.0 Å². The van der Waals surface area contributed by atoms with E-state index in [2.05, 4.69) is 56.1 Å². The first-order valence-electron chi connectivity index (χ1n) is 10.2. The Morgan fingerprint density at radius 2 is 0.931 bits per heavy atom. The molecule has 0 bridgehead atoms. The molecule has 2 unspecified atom stereocenters. The first-order chi connectivity index (χ1) is 14.3. The van der Waals surface area contributed by atoms with Gasteiger partial charge in [0, 0.05) is 22.5 Å². The van der Waals surface area contributed by atoms with E-state index in [0.717, 1.165) is 36.7 Å². The van der Waals surface area contributed by atoms with E-state index in [4.69, 9.17) is 14.2 Å². The summed E-state index contributed by atoms with van der Waals surface area (Å²) >= 11 is 7.10. The van der Waals surface area contributed by atoms with Gasteiger partial charge in [0.15, 0.2) is 0 Å². The molecular formula is C24H32Br2O3. The SMILES string of the molecule is BrCCC(COCc1ccccc1)COCC(CCBr)COCc1ccccc1. The Bertz CT molecular complexity index is 569. The third kappa shape index (κ3) is 11.3. The smallest absolute Gasteiger partial charge is 0.0717 e. The monoisotopic (exact) mass is 526 g/mol. The molecule has 2 aromatic rings. The highest BCUT2D eigenvalue weighted by Crippen LogP contribution is 2.13. The maximum absolute atomic E-state index is 6.07. The quantitative estimate of drug-likeness (QED) is 0.242. The van der Waals surface area contributed by atoms with Gasteiger partial charge in [0.1, 0.15) is 0 Å². The maximum Gasteiger partial charge on any atom is 0.0717 e. The summed E-state index contributed by atoms with van der Waals surface area (Å²) in [4.78, 5) is 0. The second-order valence-corrected chi connectivity index (χ2v) is 8.81. The number of alkyl halides is 2. The number of rotatable bonds is 16. The van der Waals surface area contributed by atoms with Crippen molar-refractivity contribution in [1.29, 1.82) is 0 Å². The number of hydrogen-bond acceptors (Lipinski definition) is 3. The zero-order chi connectivity index (χ0) is 20.6. The standard InChI is InChI=1S/C24H32Br2O3/c25-13-11-23(17-27-15-21-7-3-1-4-8-21)19-29-20-24(12-14-26)18-28-16-22-9-5-2-6-10-22/h1-10,23-24H,11-20H2. The normalized spacial score (nSPS) is 13.3. The Balaban J connectivity index is 1.66. The highest BCUT2D eigenvalue weighted by Gasteiger charge is 2.13. The second-order valence-electron chi connectivity index (χ2n) is 7.23. The van der Waals surface area contributed by atoms with E-state index in [-0.39, 0.29) is 0 Å². The molecule has 29 heavy (non-hydrogen) atoms. The van der Waals surface area contributed by atoms with Gasteiger partial charge in [-0.2, -0.15) is 0 Å². The molecule has 0 heterocycles. The van der Waals surface area contributed by atoms with Gasteiger partial charge < -0.3 is 14.2 Å². The molecule has 0 spiro atoms. The third-order valence-corrected chi connectivity index (χ3v) is 5.59. The molecule has 0 amide bonds. The largest absolute Gasteiger partial charge is 0.381 e. The lowest BCUT2D eigenvalue weighted by Crippen LogP contribution is -2.22. The summed E-state index contributed by atoms with van der Waals surface area (Å²) in [5.41, 5.74) is 2.41. The fraction of sp³-hybridized carbons (Fsp3) is 0.500. The lowest BCUT2D eigenvalue weighted by Gasteiger charge is -2.20. The Hall–Kier alpha value is -0.720. The van der Waals surface area contributed by atoms with E-state index in [1.165, 1.54) is 11.1 Å². The van der Waals surface area contributed by atoms with Crippen LogP contribution in [0.25, 0.3) is 0 Å². The maximum atomic E-state index is 6.07. The predicted molar refractivity (Wildman–Crippen MR) is 127 cm³/mol. The molecule has 2 aromatic carbocycles. The van der Waals surface area contributed by atoms with Crippen molar-refractivity contribution >= 4 is 31.9 Å². The summed E-state index contributed by atoms with van der Waals surface area (Å²) in [6.07, 6.45) is 2.09. The van der Waals surface area contributed by atoms with Crippen LogP contribution in [-0.4, -0.2) is 37.1 Å². The average molecular weight is 528 g/mol. The minimum absolute atomic E-state index is 0.396. The number of benzene rings is 2. The molecule has 0 aliphatic rings. The van der Waals surface area contributed by atoms with Gasteiger partial charge in [0.25, 0.3) is 0 Å². The van der Waals surface area contributed by atoms with Crippen LogP contribution < -0.4 is 0 Å². The Kier molecular flexibility index (Phi) is 13.6. The molecule has 0 N–H and O–H groups in total. The molecule has 0 saturated heterocycles. The summed E-state index contributed by atoms with van der Waals surface area (Å²) in [5.74, 6) is 0.792. The minimum Gasteiger partial charge on any atom is -0.381 e. The topological polar surface area (TPSA) is 27.7 Å². The molecule has 0 aromatic heterocycles. The number of hydrogen-bond donors (Lipinski definition) is 0. The highest BCUT2D eigenvalue weighted by molar-refractivity contribution is 9.09. The van der Waals surface area contributed by atoms with Gasteiger partial charge in [-0.3, -0.25) is 0 Å². The van der Waals surface area contributed by atoms with Crippen molar-refractivity contribution < 1.29 is 14.2 Å². The molecule has 2 rings (SSSR count). The Morgan fingerprint density at radius 3 is 1.31 bits per heavy atom. The van der Waals surface area contributed by atoms with Crippen molar-refractivity contribution in [2.45, 2.75) is 26.1 Å². The average Bonchev–Trinajstić information content (AvgIpc) is 2.75. The second kappa shape index (κ2) is 16.0. The Morgan fingerprint density at radius 1 is 0.552 bits per heavy atom. The van der Waals surface area contributed by atoms with E-state index in [1.54, 1.807) is 0 Å². The summed E-state index contributed by atoms with van der Waals surface area (Å²) in [5, 5.41) is 1.92. The highest BCUT2D eigenvalue weighted by atomic mass is 79.9. The first-order valence-corrected chi connectivity index (χ1v) is 12.5. The summed E-state index contributed by atoms with van der Waals surface area (Å²) in [6.45, 7) is 4.18. The predicted octanol–water partition coefficient (Wildman–Crippen LogP) is 6.24. The van der Waals surface area contributed by atoms with Crippen LogP contribution in [0.5, 0.6) is 0 Å². The van der Waals surface area contributed by atoms with Gasteiger partial charge >= 0.3 is 0 Å². The molecule has 0 aliphatic heterocycles. The van der Waals surface area contributed by atoms with E-state index < -0.39 is 0 Å². The van der Waals surface area contributed by atoms with E-state index in [0.29, 0.717) is 38.3 Å². The van der Waals surface area contributed by atoms with Gasteiger partial charge in [-0.15, -0.1) is 0 Å². The van der Waals surface area contributed by atoms with Crippen LogP contribution in [0.15, 0.2) is 60.7 Å². The van der Waals surface area contributed by atoms with Crippen molar-refractivity contribution in [3.05, 3.63) is 71.8 Å². The zero-order valence-electron chi connectivity index (χ0n) is 17.0. The lowest BCUT2D eigenvalue weighted by molar-refractivity contribution is -0.000195.